The molecule has 3 aromatic rings. The van der Waals surface area contributed by atoms with Gasteiger partial charge < -0.3 is 9.80 Å². The molecule has 4 nitrogen and oxygen atoms in total. The summed E-state index contributed by atoms with van der Waals surface area (Å²) in [7, 11) is 0. The number of rotatable bonds is 2. The second kappa shape index (κ2) is 6.16. The van der Waals surface area contributed by atoms with Gasteiger partial charge in [-0.3, -0.25) is 4.98 Å². The number of halogens is 1. The molecule has 5 heteroatoms. The van der Waals surface area contributed by atoms with Crippen molar-refractivity contribution in [2.24, 2.45) is 0 Å². The molecule has 0 saturated carbocycles. The summed E-state index contributed by atoms with van der Waals surface area (Å²) in [6, 6.07) is 14.5. The molecule has 0 radical (unpaired) electrons. The van der Waals surface area contributed by atoms with Crippen LogP contribution in [-0.4, -0.2) is 36.1 Å². The Hall–Kier alpha value is -2.14. The van der Waals surface area contributed by atoms with Gasteiger partial charge in [0.15, 0.2) is 0 Å². The molecule has 0 atom stereocenters. The van der Waals surface area contributed by atoms with E-state index in [4.69, 9.17) is 0 Å². The highest BCUT2D eigenvalue weighted by molar-refractivity contribution is 9.10. The first-order chi connectivity index (χ1) is 11.3. The number of nitrogens with zero attached hydrogens (tertiary/aromatic N) is 4. The molecule has 0 N–H and O–H groups in total. The van der Waals surface area contributed by atoms with Gasteiger partial charge in [0.25, 0.3) is 0 Å². The highest BCUT2D eigenvalue weighted by atomic mass is 79.9. The van der Waals surface area contributed by atoms with Crippen LogP contribution in [0.25, 0.3) is 10.9 Å². The van der Waals surface area contributed by atoms with Gasteiger partial charge in [0, 0.05) is 54.1 Å². The molecular formula is C18H17BrN4. The molecule has 1 aliphatic heterocycles. The van der Waals surface area contributed by atoms with E-state index in [2.05, 4.69) is 60.0 Å². The lowest BCUT2D eigenvalue weighted by molar-refractivity contribution is 0.649. The highest BCUT2D eigenvalue weighted by Crippen LogP contribution is 2.29. The maximum atomic E-state index is 4.47. The van der Waals surface area contributed by atoms with E-state index in [9.17, 15) is 0 Å². The summed E-state index contributed by atoms with van der Waals surface area (Å²) in [5, 5.41) is 1.20. The Kier molecular flexibility index (Phi) is 3.87. The summed E-state index contributed by atoms with van der Waals surface area (Å²) in [5.41, 5.74) is 2.30. The van der Waals surface area contributed by atoms with E-state index in [0.717, 1.165) is 42.0 Å². The van der Waals surface area contributed by atoms with Crippen LogP contribution < -0.4 is 9.80 Å². The minimum absolute atomic E-state index is 0.981. The number of hydrogen-bond acceptors (Lipinski definition) is 4. The molecule has 116 valence electrons. The Morgan fingerprint density at radius 1 is 0.826 bits per heavy atom. The first kappa shape index (κ1) is 14.5. The third-order valence-electron chi connectivity index (χ3n) is 4.27. The van der Waals surface area contributed by atoms with Crippen molar-refractivity contribution in [2.45, 2.75) is 0 Å². The number of anilines is 2. The molecule has 1 saturated heterocycles. The molecule has 1 aromatic carbocycles. The lowest BCUT2D eigenvalue weighted by Crippen LogP contribution is -2.46. The smallest absolute Gasteiger partial charge is 0.128 e. The average Bonchev–Trinajstić information content (AvgIpc) is 2.62. The Balaban J connectivity index is 1.58. The van der Waals surface area contributed by atoms with Gasteiger partial charge in [-0.2, -0.15) is 0 Å². The second-order valence-electron chi connectivity index (χ2n) is 5.65. The quantitative estimate of drug-likeness (QED) is 0.689. The number of aromatic nitrogens is 2. The van der Waals surface area contributed by atoms with Crippen LogP contribution in [0.5, 0.6) is 0 Å². The highest BCUT2D eigenvalue weighted by Gasteiger charge is 2.19. The van der Waals surface area contributed by atoms with Gasteiger partial charge in [-0.25, -0.2) is 4.98 Å². The largest absolute Gasteiger partial charge is 0.367 e. The maximum Gasteiger partial charge on any atom is 0.128 e. The van der Waals surface area contributed by atoms with Crippen LogP contribution in [0, 0.1) is 0 Å². The number of pyridine rings is 2. The topological polar surface area (TPSA) is 32.3 Å². The third-order valence-corrected chi connectivity index (χ3v) is 4.77. The van der Waals surface area contributed by atoms with Gasteiger partial charge in [-0.05, 0) is 36.4 Å². The van der Waals surface area contributed by atoms with Crippen LogP contribution in [0.2, 0.25) is 0 Å². The van der Waals surface area contributed by atoms with E-state index in [1.807, 2.05) is 30.6 Å². The van der Waals surface area contributed by atoms with Crippen molar-refractivity contribution < 1.29 is 0 Å². The molecule has 0 aliphatic carbocycles. The first-order valence-electron chi connectivity index (χ1n) is 7.76. The van der Waals surface area contributed by atoms with Crippen molar-refractivity contribution in [3.63, 3.8) is 0 Å². The predicted octanol–water partition coefficient (Wildman–Crippen LogP) is 3.72. The van der Waals surface area contributed by atoms with Gasteiger partial charge in [0.05, 0.1) is 5.52 Å². The summed E-state index contributed by atoms with van der Waals surface area (Å²) in [6.45, 7) is 3.94. The molecule has 1 fully saturated rings. The monoisotopic (exact) mass is 368 g/mol. The van der Waals surface area contributed by atoms with Crippen LogP contribution in [0.3, 0.4) is 0 Å². The van der Waals surface area contributed by atoms with E-state index in [1.165, 1.54) is 11.1 Å². The van der Waals surface area contributed by atoms with Crippen molar-refractivity contribution in [3.05, 3.63) is 59.3 Å². The Morgan fingerprint density at radius 2 is 1.65 bits per heavy atom. The molecule has 0 amide bonds. The molecule has 0 bridgehead atoms. The van der Waals surface area contributed by atoms with Crippen molar-refractivity contribution in [2.75, 3.05) is 36.0 Å². The molecule has 0 unspecified atom stereocenters. The lowest BCUT2D eigenvalue weighted by Gasteiger charge is -2.37. The average molecular weight is 369 g/mol. The molecule has 23 heavy (non-hydrogen) atoms. The number of fused-ring (bicyclic) bond motifs is 1. The van der Waals surface area contributed by atoms with Crippen LogP contribution in [-0.2, 0) is 0 Å². The Bertz CT molecular complexity index is 814. The van der Waals surface area contributed by atoms with Crippen molar-refractivity contribution >= 4 is 38.3 Å². The summed E-state index contributed by atoms with van der Waals surface area (Å²) < 4.78 is 1.09. The third kappa shape index (κ3) is 2.88. The van der Waals surface area contributed by atoms with Crippen LogP contribution in [0.4, 0.5) is 11.5 Å². The fourth-order valence-corrected chi connectivity index (χ4v) is 3.46. The van der Waals surface area contributed by atoms with Gasteiger partial charge in [-0.1, -0.05) is 22.0 Å². The van der Waals surface area contributed by atoms with Crippen LogP contribution in [0.15, 0.2) is 59.3 Å². The molecule has 3 heterocycles. The maximum absolute atomic E-state index is 4.47. The number of hydrogen-bond donors (Lipinski definition) is 0. The second-order valence-corrected chi connectivity index (χ2v) is 6.57. The van der Waals surface area contributed by atoms with E-state index >= 15 is 0 Å². The summed E-state index contributed by atoms with van der Waals surface area (Å²) in [5.74, 6) is 1.06. The first-order valence-corrected chi connectivity index (χ1v) is 8.56. The van der Waals surface area contributed by atoms with Crippen LogP contribution in [0.1, 0.15) is 0 Å². The van der Waals surface area contributed by atoms with Crippen molar-refractivity contribution in [1.29, 1.82) is 0 Å². The zero-order valence-corrected chi connectivity index (χ0v) is 14.3. The van der Waals surface area contributed by atoms with Gasteiger partial charge >= 0.3 is 0 Å². The zero-order valence-electron chi connectivity index (χ0n) is 12.7. The SMILES string of the molecule is Brc1ccc2nccc(N3CCN(c4ccccn4)CC3)c2c1. The number of benzene rings is 1. The molecule has 4 rings (SSSR count). The fourth-order valence-electron chi connectivity index (χ4n) is 3.10. The zero-order chi connectivity index (χ0) is 15.6. The van der Waals surface area contributed by atoms with Gasteiger partial charge in [0.2, 0.25) is 0 Å². The minimum Gasteiger partial charge on any atom is -0.367 e. The Labute approximate surface area is 143 Å². The minimum atomic E-state index is 0.981. The predicted molar refractivity (Wildman–Crippen MR) is 98.1 cm³/mol. The summed E-state index contributed by atoms with van der Waals surface area (Å²) in [4.78, 5) is 13.7. The van der Waals surface area contributed by atoms with Gasteiger partial charge in [0.1, 0.15) is 5.82 Å². The molecule has 0 spiro atoms. The molecule has 1 aliphatic rings. The van der Waals surface area contributed by atoms with E-state index < -0.39 is 0 Å². The standard InChI is InChI=1S/C18H17BrN4/c19-14-4-5-16-15(13-14)17(6-8-20-16)22-9-11-23(12-10-22)18-3-1-2-7-21-18/h1-8,13H,9-12H2. The van der Waals surface area contributed by atoms with Crippen molar-refractivity contribution in [3.8, 4) is 0 Å². The molecular weight excluding hydrogens is 352 g/mol. The van der Waals surface area contributed by atoms with Crippen LogP contribution >= 0.6 is 15.9 Å². The van der Waals surface area contributed by atoms with Gasteiger partial charge in [-0.15, -0.1) is 0 Å². The van der Waals surface area contributed by atoms with E-state index in [1.54, 1.807) is 0 Å². The summed E-state index contributed by atoms with van der Waals surface area (Å²) >= 11 is 3.57. The normalized spacial score (nSPS) is 15.2. The van der Waals surface area contributed by atoms with E-state index in [0.29, 0.717) is 0 Å². The lowest BCUT2D eigenvalue weighted by atomic mass is 10.1. The number of piperazine rings is 1. The molecule has 2 aromatic heterocycles. The fraction of sp³-hybridized carbons (Fsp3) is 0.222. The van der Waals surface area contributed by atoms with Crippen molar-refractivity contribution in [1.82, 2.24) is 9.97 Å². The summed E-state index contributed by atoms with van der Waals surface area (Å²) in [6.07, 6.45) is 3.76. The Morgan fingerprint density at radius 3 is 2.43 bits per heavy atom. The van der Waals surface area contributed by atoms with E-state index in [-0.39, 0.29) is 0 Å².